The predicted molar refractivity (Wildman–Crippen MR) is 116 cm³/mol. The third-order valence-corrected chi connectivity index (χ3v) is 5.37. The number of pyridine rings is 1. The molecule has 154 valence electrons. The molecular formula is C21H19Cl2N5O2. The highest BCUT2D eigenvalue weighted by atomic mass is 35.5. The third kappa shape index (κ3) is 4.80. The van der Waals surface area contributed by atoms with E-state index in [0.717, 1.165) is 17.1 Å². The van der Waals surface area contributed by atoms with Crippen molar-refractivity contribution in [1.29, 1.82) is 0 Å². The van der Waals surface area contributed by atoms with Gasteiger partial charge >= 0.3 is 0 Å². The van der Waals surface area contributed by atoms with E-state index in [2.05, 4.69) is 20.1 Å². The lowest BCUT2D eigenvalue weighted by molar-refractivity contribution is -0.133. The number of hydrogen-bond donors (Lipinski definition) is 0. The topological polar surface area (TPSA) is 71.5 Å². The van der Waals surface area contributed by atoms with Crippen LogP contribution in [0.5, 0.6) is 5.75 Å². The van der Waals surface area contributed by atoms with Gasteiger partial charge in [0.05, 0.1) is 10.7 Å². The summed E-state index contributed by atoms with van der Waals surface area (Å²) < 4.78 is 5.55. The van der Waals surface area contributed by atoms with Crippen LogP contribution in [0.4, 0.5) is 5.82 Å². The summed E-state index contributed by atoms with van der Waals surface area (Å²) in [6, 6.07) is 12.6. The van der Waals surface area contributed by atoms with Crippen LogP contribution in [-0.4, -0.2) is 58.8 Å². The van der Waals surface area contributed by atoms with Crippen LogP contribution in [-0.2, 0) is 4.79 Å². The molecule has 0 unspecified atom stereocenters. The normalized spacial score (nSPS) is 13.9. The summed E-state index contributed by atoms with van der Waals surface area (Å²) in [6.45, 7) is 2.43. The number of carbonyl (C=O) groups is 1. The maximum atomic E-state index is 12.5. The lowest BCUT2D eigenvalue weighted by Crippen LogP contribution is -2.50. The van der Waals surface area contributed by atoms with Gasteiger partial charge in [0.15, 0.2) is 12.4 Å². The van der Waals surface area contributed by atoms with Crippen LogP contribution in [0.25, 0.3) is 11.3 Å². The number of rotatable bonds is 5. The Morgan fingerprint density at radius 3 is 2.43 bits per heavy atom. The van der Waals surface area contributed by atoms with Gasteiger partial charge in [-0.05, 0) is 36.4 Å². The van der Waals surface area contributed by atoms with E-state index in [0.29, 0.717) is 42.0 Å². The smallest absolute Gasteiger partial charge is 0.260 e. The van der Waals surface area contributed by atoms with E-state index in [1.165, 1.54) is 0 Å². The molecule has 0 spiro atoms. The molecule has 0 N–H and O–H groups in total. The van der Waals surface area contributed by atoms with Gasteiger partial charge in [0.1, 0.15) is 5.75 Å². The predicted octanol–water partition coefficient (Wildman–Crippen LogP) is 3.57. The average molecular weight is 444 g/mol. The molecule has 4 rings (SSSR count). The van der Waals surface area contributed by atoms with Crippen LogP contribution >= 0.6 is 23.2 Å². The summed E-state index contributed by atoms with van der Waals surface area (Å²) in [4.78, 5) is 20.4. The highest BCUT2D eigenvalue weighted by molar-refractivity contribution is 6.34. The highest BCUT2D eigenvalue weighted by Crippen LogP contribution is 2.27. The molecule has 0 radical (unpaired) electrons. The molecular weight excluding hydrogens is 425 g/mol. The van der Waals surface area contributed by atoms with Gasteiger partial charge in [0, 0.05) is 55.2 Å². The molecule has 0 bridgehead atoms. The number of benzene rings is 1. The van der Waals surface area contributed by atoms with Gasteiger partial charge in [-0.2, -0.15) is 0 Å². The van der Waals surface area contributed by atoms with E-state index >= 15 is 0 Å². The second kappa shape index (κ2) is 9.28. The number of hydrogen-bond acceptors (Lipinski definition) is 6. The fourth-order valence-electron chi connectivity index (χ4n) is 3.17. The van der Waals surface area contributed by atoms with Gasteiger partial charge in [0.25, 0.3) is 5.91 Å². The summed E-state index contributed by atoms with van der Waals surface area (Å²) in [7, 11) is 0. The number of anilines is 1. The summed E-state index contributed by atoms with van der Waals surface area (Å²) in [5.74, 6) is 1.10. The molecule has 1 aliphatic heterocycles. The number of aromatic nitrogens is 3. The Kier molecular flexibility index (Phi) is 6.30. The van der Waals surface area contributed by atoms with Gasteiger partial charge in [-0.15, -0.1) is 10.2 Å². The van der Waals surface area contributed by atoms with Crippen LogP contribution in [0.1, 0.15) is 0 Å². The molecule has 30 heavy (non-hydrogen) atoms. The SMILES string of the molecule is O=C(COc1cc(Cl)ccc1Cl)N1CCN(c2ccc(-c3ccncc3)nn2)CC1. The van der Waals surface area contributed by atoms with Crippen molar-refractivity contribution in [3.8, 4) is 17.0 Å². The monoisotopic (exact) mass is 443 g/mol. The minimum atomic E-state index is -0.0928. The Morgan fingerprint density at radius 1 is 0.967 bits per heavy atom. The molecule has 3 aromatic rings. The van der Waals surface area contributed by atoms with Gasteiger partial charge in [0.2, 0.25) is 0 Å². The average Bonchev–Trinajstić information content (AvgIpc) is 2.80. The number of piperazine rings is 1. The Morgan fingerprint density at radius 2 is 1.73 bits per heavy atom. The molecule has 1 aromatic carbocycles. The number of amides is 1. The minimum absolute atomic E-state index is 0.0828. The van der Waals surface area contributed by atoms with Crippen molar-refractivity contribution in [3.05, 3.63) is 64.9 Å². The minimum Gasteiger partial charge on any atom is -0.482 e. The molecule has 1 fully saturated rings. The zero-order valence-electron chi connectivity index (χ0n) is 16.0. The second-order valence-corrected chi connectivity index (χ2v) is 7.59. The molecule has 1 saturated heterocycles. The number of halogens is 2. The molecule has 0 aliphatic carbocycles. The number of nitrogens with zero attached hydrogens (tertiary/aromatic N) is 5. The van der Waals surface area contributed by atoms with Gasteiger partial charge < -0.3 is 14.5 Å². The molecule has 2 aromatic heterocycles. The summed E-state index contributed by atoms with van der Waals surface area (Å²) in [5, 5.41) is 9.58. The largest absolute Gasteiger partial charge is 0.482 e. The second-order valence-electron chi connectivity index (χ2n) is 6.74. The van der Waals surface area contributed by atoms with Gasteiger partial charge in [-0.1, -0.05) is 23.2 Å². The van der Waals surface area contributed by atoms with Crippen LogP contribution < -0.4 is 9.64 Å². The maximum absolute atomic E-state index is 12.5. The van der Waals surface area contributed by atoms with E-state index in [1.54, 1.807) is 35.5 Å². The van der Waals surface area contributed by atoms with E-state index in [9.17, 15) is 4.79 Å². The maximum Gasteiger partial charge on any atom is 0.260 e. The Labute approximate surface area is 184 Å². The number of ether oxygens (including phenoxy) is 1. The van der Waals surface area contributed by atoms with E-state index in [1.807, 2.05) is 24.3 Å². The van der Waals surface area contributed by atoms with Crippen molar-refractivity contribution in [2.45, 2.75) is 0 Å². The Balaban J connectivity index is 1.30. The van der Waals surface area contributed by atoms with Crippen molar-refractivity contribution in [2.24, 2.45) is 0 Å². The van der Waals surface area contributed by atoms with Crippen molar-refractivity contribution in [1.82, 2.24) is 20.1 Å². The molecule has 1 aliphatic rings. The Bertz CT molecular complexity index is 1010. The molecule has 9 heteroatoms. The van der Waals surface area contributed by atoms with Gasteiger partial charge in [-0.3, -0.25) is 9.78 Å². The van der Waals surface area contributed by atoms with E-state index in [-0.39, 0.29) is 12.5 Å². The summed E-state index contributed by atoms with van der Waals surface area (Å²) >= 11 is 12.0. The quantitative estimate of drug-likeness (QED) is 0.599. The van der Waals surface area contributed by atoms with Crippen molar-refractivity contribution in [3.63, 3.8) is 0 Å². The zero-order chi connectivity index (χ0) is 20.9. The van der Waals surface area contributed by atoms with Crippen LogP contribution in [0, 0.1) is 0 Å². The molecule has 0 atom stereocenters. The summed E-state index contributed by atoms with van der Waals surface area (Å²) in [5.41, 5.74) is 1.77. The molecule has 3 heterocycles. The molecule has 7 nitrogen and oxygen atoms in total. The van der Waals surface area contributed by atoms with Crippen molar-refractivity contribution < 1.29 is 9.53 Å². The first-order chi connectivity index (χ1) is 14.6. The standard InChI is InChI=1S/C21H19Cl2N5O2/c22-16-1-2-17(23)19(13-16)30-14-21(29)28-11-9-27(10-12-28)20-4-3-18(25-26-20)15-5-7-24-8-6-15/h1-8,13H,9-12,14H2. The van der Waals surface area contributed by atoms with Gasteiger partial charge in [-0.25, -0.2) is 0 Å². The van der Waals surface area contributed by atoms with Crippen molar-refractivity contribution >= 4 is 34.9 Å². The highest BCUT2D eigenvalue weighted by Gasteiger charge is 2.22. The fraction of sp³-hybridized carbons (Fsp3) is 0.238. The third-order valence-electron chi connectivity index (χ3n) is 4.83. The number of carbonyl (C=O) groups excluding carboxylic acids is 1. The molecule has 0 saturated carbocycles. The zero-order valence-corrected chi connectivity index (χ0v) is 17.6. The van der Waals surface area contributed by atoms with E-state index in [4.69, 9.17) is 27.9 Å². The lowest BCUT2D eigenvalue weighted by atomic mass is 10.2. The first-order valence-corrected chi connectivity index (χ1v) is 10.2. The first-order valence-electron chi connectivity index (χ1n) is 9.45. The van der Waals surface area contributed by atoms with Crippen LogP contribution in [0.3, 0.4) is 0 Å². The summed E-state index contributed by atoms with van der Waals surface area (Å²) in [6.07, 6.45) is 3.45. The van der Waals surface area contributed by atoms with Crippen molar-refractivity contribution in [2.75, 3.05) is 37.7 Å². The van der Waals surface area contributed by atoms with E-state index < -0.39 is 0 Å². The lowest BCUT2D eigenvalue weighted by Gasteiger charge is -2.35. The Hall–Kier alpha value is -2.90. The fourth-order valence-corrected chi connectivity index (χ4v) is 3.51. The molecule has 1 amide bonds. The van der Waals surface area contributed by atoms with Crippen LogP contribution in [0.15, 0.2) is 54.9 Å². The first kappa shape index (κ1) is 20.4. The van der Waals surface area contributed by atoms with Crippen LogP contribution in [0.2, 0.25) is 10.0 Å².